The average molecular weight is 436 g/mol. The largest absolute Gasteiger partial charge is 0.514 e. The first-order chi connectivity index (χ1) is 15.1. The monoisotopic (exact) mass is 435 g/mol. The molecule has 0 fully saturated rings. The standard InChI is InChI=1S/C23H18ClN3O4/c1-26-23(29)27-19-8-11-21(24)22(14-19)31-13-5-3-2-4-12-30-20-9-6-17(7-10-20)18(15-25)16-28/h6-11,14,16,28H,12-13H2,1H3,(H2,26,27,29)/b18-16+. The van der Waals surface area contributed by atoms with Crippen LogP contribution in [0.25, 0.3) is 5.57 Å². The number of aliphatic hydroxyl groups is 1. The van der Waals surface area contributed by atoms with Gasteiger partial charge in [-0.2, -0.15) is 5.26 Å². The second-order valence-corrected chi connectivity index (χ2v) is 6.12. The number of nitrogens with one attached hydrogen (secondary N) is 2. The van der Waals surface area contributed by atoms with Crippen LogP contribution in [0.5, 0.6) is 11.5 Å². The number of ether oxygens (including phenoxy) is 2. The summed E-state index contributed by atoms with van der Waals surface area (Å²) in [5.74, 6) is 11.8. The van der Waals surface area contributed by atoms with Crippen LogP contribution in [-0.2, 0) is 0 Å². The molecule has 156 valence electrons. The van der Waals surface area contributed by atoms with Gasteiger partial charge < -0.3 is 25.2 Å². The van der Waals surface area contributed by atoms with Gasteiger partial charge in [0, 0.05) is 18.8 Å². The molecule has 0 unspecified atom stereocenters. The summed E-state index contributed by atoms with van der Waals surface area (Å²) in [4.78, 5) is 11.4. The van der Waals surface area contributed by atoms with Crippen LogP contribution in [0.2, 0.25) is 5.02 Å². The Labute approximate surface area is 185 Å². The number of nitrogens with zero attached hydrogens (tertiary/aromatic N) is 1. The highest BCUT2D eigenvalue weighted by atomic mass is 35.5. The van der Waals surface area contributed by atoms with Gasteiger partial charge in [0.05, 0.1) is 16.9 Å². The molecule has 2 aromatic carbocycles. The summed E-state index contributed by atoms with van der Waals surface area (Å²) in [6.07, 6.45) is 0.760. The number of allylic oxidation sites excluding steroid dienone is 1. The zero-order chi connectivity index (χ0) is 22.5. The lowest BCUT2D eigenvalue weighted by Crippen LogP contribution is -2.24. The van der Waals surface area contributed by atoms with Crippen LogP contribution < -0.4 is 20.1 Å². The molecule has 0 aliphatic rings. The predicted octanol–water partition coefficient (Wildman–Crippen LogP) is 3.98. The van der Waals surface area contributed by atoms with Crippen molar-refractivity contribution in [3.8, 4) is 41.2 Å². The summed E-state index contributed by atoms with van der Waals surface area (Å²) >= 11 is 6.07. The van der Waals surface area contributed by atoms with Gasteiger partial charge in [-0.25, -0.2) is 4.79 Å². The van der Waals surface area contributed by atoms with E-state index in [2.05, 4.69) is 34.3 Å². The highest BCUT2D eigenvalue weighted by Gasteiger charge is 2.05. The van der Waals surface area contributed by atoms with E-state index in [1.54, 1.807) is 42.5 Å². The molecular weight excluding hydrogens is 418 g/mol. The summed E-state index contributed by atoms with van der Waals surface area (Å²) in [5.41, 5.74) is 1.29. The van der Waals surface area contributed by atoms with E-state index >= 15 is 0 Å². The Morgan fingerprint density at radius 2 is 1.81 bits per heavy atom. The number of hydrogen-bond donors (Lipinski definition) is 3. The smallest absolute Gasteiger partial charge is 0.318 e. The molecule has 0 atom stereocenters. The number of amides is 2. The van der Waals surface area contributed by atoms with Gasteiger partial charge in [-0.15, -0.1) is 0 Å². The quantitative estimate of drug-likeness (QED) is 0.362. The lowest BCUT2D eigenvalue weighted by Gasteiger charge is -2.08. The fraction of sp³-hybridized carbons (Fsp3) is 0.130. The molecule has 0 saturated heterocycles. The van der Waals surface area contributed by atoms with E-state index in [1.807, 2.05) is 6.07 Å². The molecule has 0 radical (unpaired) electrons. The SMILES string of the molecule is CNC(=O)Nc1ccc(Cl)c(OCC#CC#CCOc2ccc(/C(C#N)=C/O)cc2)c1. The van der Waals surface area contributed by atoms with E-state index in [4.69, 9.17) is 31.4 Å². The van der Waals surface area contributed by atoms with Gasteiger partial charge in [-0.1, -0.05) is 11.6 Å². The molecule has 0 aliphatic heterocycles. The number of anilines is 1. The van der Waals surface area contributed by atoms with Crippen LogP contribution in [-0.4, -0.2) is 31.4 Å². The minimum absolute atomic E-state index is 0.0692. The Morgan fingerprint density at radius 3 is 2.42 bits per heavy atom. The molecule has 0 heterocycles. The number of urea groups is 1. The number of carbonyl (C=O) groups is 1. The van der Waals surface area contributed by atoms with E-state index < -0.39 is 0 Å². The van der Waals surface area contributed by atoms with Gasteiger partial charge in [0.25, 0.3) is 0 Å². The summed E-state index contributed by atoms with van der Waals surface area (Å²) < 4.78 is 11.0. The van der Waals surface area contributed by atoms with Crippen LogP contribution in [0, 0.1) is 35.0 Å². The van der Waals surface area contributed by atoms with Crippen molar-refractivity contribution in [3.05, 3.63) is 59.3 Å². The third kappa shape index (κ3) is 7.59. The van der Waals surface area contributed by atoms with Crippen molar-refractivity contribution in [1.29, 1.82) is 5.26 Å². The van der Waals surface area contributed by atoms with E-state index in [1.165, 1.54) is 7.05 Å². The first kappa shape index (κ1) is 23.0. The summed E-state index contributed by atoms with van der Waals surface area (Å²) in [5, 5.41) is 23.3. The lowest BCUT2D eigenvalue weighted by atomic mass is 10.1. The molecule has 8 heteroatoms. The van der Waals surface area contributed by atoms with E-state index in [0.717, 1.165) is 6.26 Å². The molecule has 0 aliphatic carbocycles. The Bertz CT molecular complexity index is 1110. The molecular formula is C23H18ClN3O4. The van der Waals surface area contributed by atoms with Crippen molar-refractivity contribution in [1.82, 2.24) is 5.32 Å². The Morgan fingerprint density at radius 1 is 1.13 bits per heavy atom. The third-order valence-corrected chi connectivity index (χ3v) is 3.99. The van der Waals surface area contributed by atoms with Crippen LogP contribution in [0.4, 0.5) is 10.5 Å². The number of rotatable bonds is 6. The highest BCUT2D eigenvalue weighted by molar-refractivity contribution is 6.32. The van der Waals surface area contributed by atoms with Gasteiger partial charge in [-0.3, -0.25) is 0 Å². The molecule has 0 bridgehead atoms. The number of hydrogen-bond acceptors (Lipinski definition) is 5. The topological polar surface area (TPSA) is 104 Å². The molecule has 0 saturated carbocycles. The second kappa shape index (κ2) is 12.3. The van der Waals surface area contributed by atoms with Gasteiger partial charge in [0.1, 0.15) is 30.8 Å². The summed E-state index contributed by atoms with van der Waals surface area (Å²) in [6, 6.07) is 13.1. The minimum atomic E-state index is -0.351. The van der Waals surface area contributed by atoms with Gasteiger partial charge >= 0.3 is 6.03 Å². The van der Waals surface area contributed by atoms with Crippen LogP contribution in [0.15, 0.2) is 48.7 Å². The molecule has 0 spiro atoms. The zero-order valence-electron chi connectivity index (χ0n) is 16.5. The van der Waals surface area contributed by atoms with Crippen molar-refractivity contribution in [2.75, 3.05) is 25.6 Å². The minimum Gasteiger partial charge on any atom is -0.514 e. The highest BCUT2D eigenvalue weighted by Crippen LogP contribution is 2.27. The zero-order valence-corrected chi connectivity index (χ0v) is 17.3. The number of carbonyl (C=O) groups excluding carboxylic acids is 1. The lowest BCUT2D eigenvalue weighted by molar-refractivity contribution is 0.254. The number of nitriles is 1. The van der Waals surface area contributed by atoms with Crippen LogP contribution in [0.1, 0.15) is 5.56 Å². The maximum Gasteiger partial charge on any atom is 0.318 e. The van der Waals surface area contributed by atoms with Crippen molar-refractivity contribution in [3.63, 3.8) is 0 Å². The fourth-order valence-corrected chi connectivity index (χ4v) is 2.35. The van der Waals surface area contributed by atoms with E-state index in [0.29, 0.717) is 27.8 Å². The number of benzene rings is 2. The molecule has 0 aromatic heterocycles. The first-order valence-electron chi connectivity index (χ1n) is 8.92. The van der Waals surface area contributed by atoms with Crippen molar-refractivity contribution < 1.29 is 19.4 Å². The Kier molecular flexibility index (Phi) is 9.17. The average Bonchev–Trinajstić information content (AvgIpc) is 2.79. The molecule has 31 heavy (non-hydrogen) atoms. The maximum atomic E-state index is 11.4. The molecule has 2 amide bonds. The van der Waals surface area contributed by atoms with Crippen molar-refractivity contribution >= 4 is 28.9 Å². The maximum absolute atomic E-state index is 11.4. The van der Waals surface area contributed by atoms with Gasteiger partial charge in [0.15, 0.2) is 0 Å². The van der Waals surface area contributed by atoms with Crippen LogP contribution in [0.3, 0.4) is 0 Å². The van der Waals surface area contributed by atoms with Gasteiger partial charge in [0.2, 0.25) is 0 Å². The second-order valence-electron chi connectivity index (χ2n) is 5.71. The van der Waals surface area contributed by atoms with E-state index in [-0.39, 0.29) is 24.8 Å². The van der Waals surface area contributed by atoms with Crippen LogP contribution >= 0.6 is 11.6 Å². The molecule has 3 N–H and O–H groups in total. The molecule has 7 nitrogen and oxygen atoms in total. The Balaban J connectivity index is 1.80. The fourth-order valence-electron chi connectivity index (χ4n) is 2.18. The molecule has 2 rings (SSSR count). The van der Waals surface area contributed by atoms with Gasteiger partial charge in [-0.05, 0) is 65.6 Å². The Hall–Kier alpha value is -4.25. The molecule has 2 aromatic rings. The summed E-state index contributed by atoms with van der Waals surface area (Å²) in [6.45, 7) is 0.203. The van der Waals surface area contributed by atoms with Crippen molar-refractivity contribution in [2.24, 2.45) is 0 Å². The number of halogens is 1. The predicted molar refractivity (Wildman–Crippen MR) is 119 cm³/mol. The third-order valence-electron chi connectivity index (χ3n) is 3.68. The number of aliphatic hydroxyl groups excluding tert-OH is 1. The van der Waals surface area contributed by atoms with E-state index in [9.17, 15) is 4.79 Å². The normalized spacial score (nSPS) is 9.77. The first-order valence-corrected chi connectivity index (χ1v) is 9.29. The summed E-state index contributed by atoms with van der Waals surface area (Å²) in [7, 11) is 1.52. The van der Waals surface area contributed by atoms with Crippen molar-refractivity contribution in [2.45, 2.75) is 0 Å².